The molecule has 0 amide bonds. The van der Waals surface area contributed by atoms with Crippen molar-refractivity contribution in [3.8, 4) is 17.3 Å². The summed E-state index contributed by atoms with van der Waals surface area (Å²) < 4.78 is 9.45. The molecule has 1 N–H and O–H groups in total. The van der Waals surface area contributed by atoms with E-state index < -0.39 is 0 Å². The van der Waals surface area contributed by atoms with Crippen molar-refractivity contribution in [2.45, 2.75) is 20.4 Å². The molecule has 184 valence electrons. The van der Waals surface area contributed by atoms with Crippen molar-refractivity contribution in [3.63, 3.8) is 0 Å². The molecular weight excluding hydrogens is 454 g/mol. The molecule has 4 heterocycles. The first-order valence-corrected chi connectivity index (χ1v) is 12.1. The lowest BCUT2D eigenvalue weighted by Gasteiger charge is -2.17. The van der Waals surface area contributed by atoms with Crippen molar-refractivity contribution in [2.24, 2.45) is 0 Å². The minimum atomic E-state index is 0.459. The van der Waals surface area contributed by atoms with E-state index in [4.69, 9.17) is 4.74 Å². The number of rotatable bonds is 11. The summed E-state index contributed by atoms with van der Waals surface area (Å²) in [6, 6.07) is 15.7. The maximum atomic E-state index is 5.84. The van der Waals surface area contributed by atoms with Crippen molar-refractivity contribution in [1.29, 1.82) is 0 Å². The van der Waals surface area contributed by atoms with Crippen LogP contribution < -0.4 is 10.1 Å². The average molecular weight is 484 g/mol. The number of fused-ring (bicyclic) bond motifs is 1. The number of hydrogen-bond donors (Lipinski definition) is 1. The second-order valence-corrected chi connectivity index (χ2v) is 8.27. The fourth-order valence-corrected chi connectivity index (χ4v) is 3.92. The maximum Gasteiger partial charge on any atom is 0.247 e. The van der Waals surface area contributed by atoms with Gasteiger partial charge in [0, 0.05) is 43.0 Å². The number of benzene rings is 1. The lowest BCUT2D eigenvalue weighted by Crippen LogP contribution is -2.28. The third kappa shape index (κ3) is 5.49. The molecule has 0 bridgehead atoms. The Kier molecular flexibility index (Phi) is 7.13. The lowest BCUT2D eigenvalue weighted by atomic mass is 10.2. The quantitative estimate of drug-likeness (QED) is 0.302. The second kappa shape index (κ2) is 11.0. The molecule has 0 fully saturated rings. The van der Waals surface area contributed by atoms with Gasteiger partial charge in [0.05, 0.1) is 18.3 Å². The largest absolute Gasteiger partial charge is 0.476 e. The molecule has 0 unspecified atom stereocenters. The number of nitrogens with zero attached hydrogens (tertiary/aromatic N) is 8. The number of anilines is 2. The van der Waals surface area contributed by atoms with Crippen LogP contribution in [0.3, 0.4) is 0 Å². The smallest absolute Gasteiger partial charge is 0.247 e. The van der Waals surface area contributed by atoms with Gasteiger partial charge in [-0.1, -0.05) is 44.2 Å². The van der Waals surface area contributed by atoms with Crippen LogP contribution in [-0.4, -0.2) is 65.5 Å². The van der Waals surface area contributed by atoms with Crippen molar-refractivity contribution in [3.05, 3.63) is 78.9 Å². The summed E-state index contributed by atoms with van der Waals surface area (Å²) in [4.78, 5) is 15.8. The van der Waals surface area contributed by atoms with Crippen molar-refractivity contribution in [2.75, 3.05) is 31.6 Å². The number of hydrogen-bond acceptors (Lipinski definition) is 8. The van der Waals surface area contributed by atoms with Crippen molar-refractivity contribution >= 4 is 17.3 Å². The Bertz CT molecular complexity index is 1410. The van der Waals surface area contributed by atoms with Crippen LogP contribution in [0.1, 0.15) is 19.4 Å². The zero-order chi connectivity index (χ0) is 24.7. The molecule has 5 aromatic rings. The Labute approximate surface area is 209 Å². The minimum absolute atomic E-state index is 0.459. The molecule has 0 aliphatic carbocycles. The highest BCUT2D eigenvalue weighted by molar-refractivity contribution is 5.60. The van der Waals surface area contributed by atoms with Gasteiger partial charge in [-0.25, -0.2) is 9.97 Å². The summed E-state index contributed by atoms with van der Waals surface area (Å²) in [7, 11) is 0. The van der Waals surface area contributed by atoms with Gasteiger partial charge >= 0.3 is 0 Å². The molecule has 0 aliphatic rings. The van der Waals surface area contributed by atoms with Crippen LogP contribution in [-0.2, 0) is 6.54 Å². The standard InChI is InChI=1S/C26H29N9O/c1-3-33(4-2)14-15-36-24-16-22(10-12-27-24)30-26-31-23-11-13-28-25(35(23)32-26)21-17-29-34(19-21)18-20-8-6-5-7-9-20/h5-13,16-17,19H,3-4,14-15,18H2,1-2H3,(H,27,30,32). The SMILES string of the molecule is CCN(CC)CCOc1cc(Nc2nc3ccnc(-c4cnn(Cc5ccccc5)c4)n3n2)ccn1. The van der Waals surface area contributed by atoms with Crippen molar-refractivity contribution in [1.82, 2.24) is 39.2 Å². The molecule has 0 saturated carbocycles. The first-order chi connectivity index (χ1) is 17.7. The van der Waals surface area contributed by atoms with Crippen LogP contribution >= 0.6 is 0 Å². The molecule has 0 radical (unpaired) electrons. The fourth-order valence-electron chi connectivity index (χ4n) is 3.92. The van der Waals surface area contributed by atoms with E-state index in [1.165, 1.54) is 5.56 Å². The first-order valence-electron chi connectivity index (χ1n) is 12.1. The van der Waals surface area contributed by atoms with E-state index in [1.807, 2.05) is 47.3 Å². The van der Waals surface area contributed by atoms with E-state index in [2.05, 4.69) is 61.3 Å². The topological polar surface area (TPSA) is 98.3 Å². The van der Waals surface area contributed by atoms with Crippen LogP contribution in [0.15, 0.2) is 73.3 Å². The summed E-state index contributed by atoms with van der Waals surface area (Å²) >= 11 is 0. The number of aromatic nitrogens is 7. The van der Waals surface area contributed by atoms with Gasteiger partial charge in [0.25, 0.3) is 0 Å². The summed E-state index contributed by atoms with van der Waals surface area (Å²) in [6.45, 7) is 8.41. The van der Waals surface area contributed by atoms with Gasteiger partial charge in [-0.05, 0) is 24.7 Å². The molecule has 5 rings (SSSR count). The highest BCUT2D eigenvalue weighted by atomic mass is 16.5. The zero-order valence-corrected chi connectivity index (χ0v) is 20.4. The number of likely N-dealkylation sites (N-methyl/N-ethyl adjacent to an activating group) is 1. The van der Waals surface area contributed by atoms with Gasteiger partial charge in [-0.2, -0.15) is 14.6 Å². The van der Waals surface area contributed by atoms with Gasteiger partial charge in [-0.3, -0.25) is 4.68 Å². The lowest BCUT2D eigenvalue weighted by molar-refractivity contribution is 0.218. The molecule has 10 heteroatoms. The van der Waals surface area contributed by atoms with Gasteiger partial charge < -0.3 is 15.0 Å². The van der Waals surface area contributed by atoms with E-state index >= 15 is 0 Å². The predicted molar refractivity (Wildman–Crippen MR) is 138 cm³/mol. The molecule has 0 spiro atoms. The molecule has 0 saturated heterocycles. The normalized spacial score (nSPS) is 11.3. The monoisotopic (exact) mass is 483 g/mol. The van der Waals surface area contributed by atoms with Gasteiger partial charge in [0.1, 0.15) is 6.61 Å². The van der Waals surface area contributed by atoms with Crippen LogP contribution in [0, 0.1) is 0 Å². The molecular formula is C26H29N9O. The molecule has 10 nitrogen and oxygen atoms in total. The van der Waals surface area contributed by atoms with E-state index in [-0.39, 0.29) is 0 Å². The first kappa shape index (κ1) is 23.4. The van der Waals surface area contributed by atoms with Crippen LogP contribution in [0.25, 0.3) is 17.0 Å². The van der Waals surface area contributed by atoms with Gasteiger partial charge in [0.15, 0.2) is 11.5 Å². The van der Waals surface area contributed by atoms with Gasteiger partial charge in [0.2, 0.25) is 11.8 Å². The van der Waals surface area contributed by atoms with Crippen molar-refractivity contribution < 1.29 is 4.74 Å². The number of nitrogens with one attached hydrogen (secondary N) is 1. The van der Waals surface area contributed by atoms with E-state index in [0.717, 1.165) is 30.9 Å². The van der Waals surface area contributed by atoms with Crippen LogP contribution in [0.5, 0.6) is 5.88 Å². The number of pyridine rings is 1. The van der Waals surface area contributed by atoms with E-state index in [1.54, 1.807) is 23.1 Å². The maximum absolute atomic E-state index is 5.84. The Morgan fingerprint density at radius 1 is 1.00 bits per heavy atom. The highest BCUT2D eigenvalue weighted by Gasteiger charge is 2.13. The average Bonchev–Trinajstić information content (AvgIpc) is 3.54. The molecule has 1 aromatic carbocycles. The Morgan fingerprint density at radius 3 is 2.67 bits per heavy atom. The molecule has 4 aromatic heterocycles. The Morgan fingerprint density at radius 2 is 1.83 bits per heavy atom. The van der Waals surface area contributed by atoms with E-state index in [0.29, 0.717) is 36.5 Å². The molecule has 0 atom stereocenters. The fraction of sp³-hybridized carbons (Fsp3) is 0.269. The molecule has 0 aliphatic heterocycles. The van der Waals surface area contributed by atoms with Crippen LogP contribution in [0.2, 0.25) is 0 Å². The minimum Gasteiger partial charge on any atom is -0.476 e. The van der Waals surface area contributed by atoms with Gasteiger partial charge in [-0.15, -0.1) is 5.10 Å². The van der Waals surface area contributed by atoms with E-state index in [9.17, 15) is 0 Å². The summed E-state index contributed by atoms with van der Waals surface area (Å²) in [5.74, 6) is 1.69. The second-order valence-electron chi connectivity index (χ2n) is 8.27. The third-order valence-corrected chi connectivity index (χ3v) is 5.87. The summed E-state index contributed by atoms with van der Waals surface area (Å²) in [6.07, 6.45) is 7.20. The predicted octanol–water partition coefficient (Wildman–Crippen LogP) is 3.90. The number of ether oxygens (including phenoxy) is 1. The van der Waals surface area contributed by atoms with Crippen LogP contribution in [0.4, 0.5) is 11.6 Å². The summed E-state index contributed by atoms with van der Waals surface area (Å²) in [5.41, 5.74) is 3.52. The summed E-state index contributed by atoms with van der Waals surface area (Å²) in [5, 5.41) is 12.4. The highest BCUT2D eigenvalue weighted by Crippen LogP contribution is 2.21. The molecule has 36 heavy (non-hydrogen) atoms. The Balaban J connectivity index is 1.30. The zero-order valence-electron chi connectivity index (χ0n) is 20.4. The third-order valence-electron chi connectivity index (χ3n) is 5.87. The Hall–Kier alpha value is -4.31.